The van der Waals surface area contributed by atoms with Crippen LogP contribution in [-0.2, 0) is 5.88 Å². The Kier molecular flexibility index (Phi) is 5.34. The molecule has 0 fully saturated rings. The molecule has 21 heavy (non-hydrogen) atoms. The Morgan fingerprint density at radius 1 is 1.10 bits per heavy atom. The first kappa shape index (κ1) is 15.5. The molecule has 5 heteroatoms. The van der Waals surface area contributed by atoms with Gasteiger partial charge in [-0.2, -0.15) is 4.99 Å². The number of benzene rings is 2. The van der Waals surface area contributed by atoms with Gasteiger partial charge in [0.1, 0.15) is 11.6 Å². The summed E-state index contributed by atoms with van der Waals surface area (Å²) in [6.07, 6.45) is 3.01. The summed E-state index contributed by atoms with van der Waals surface area (Å²) in [6.45, 7) is 0. The number of rotatable bonds is 4. The van der Waals surface area contributed by atoms with Gasteiger partial charge in [-0.3, -0.25) is 0 Å². The Balaban J connectivity index is 2.27. The number of halogens is 3. The van der Waals surface area contributed by atoms with Crippen LogP contribution in [0.2, 0.25) is 0 Å². The molecule has 2 aromatic rings. The highest BCUT2D eigenvalue weighted by Gasteiger charge is 2.08. The normalized spacial score (nSPS) is 10.6. The number of thiocarbonyl (C=S) groups is 1. The number of nitrogens with zero attached hydrogens (tertiary/aromatic N) is 1. The first-order chi connectivity index (χ1) is 10.1. The van der Waals surface area contributed by atoms with Gasteiger partial charge in [0, 0.05) is 11.4 Å². The minimum atomic E-state index is -0.635. The van der Waals surface area contributed by atoms with Crippen molar-refractivity contribution >= 4 is 46.8 Å². The van der Waals surface area contributed by atoms with Crippen LogP contribution in [0.4, 0.5) is 14.5 Å². The van der Waals surface area contributed by atoms with Crippen LogP contribution in [0, 0.1) is 11.6 Å². The molecule has 0 spiro atoms. The minimum Gasteiger partial charge on any atom is -0.206 e. The largest absolute Gasteiger partial charge is 0.206 e. The third kappa shape index (κ3) is 4.05. The van der Waals surface area contributed by atoms with Crippen LogP contribution >= 0.6 is 23.8 Å². The van der Waals surface area contributed by atoms with Crippen LogP contribution in [0.3, 0.4) is 0 Å². The van der Waals surface area contributed by atoms with E-state index in [1.165, 1.54) is 18.2 Å². The molecule has 0 unspecified atom stereocenters. The van der Waals surface area contributed by atoms with E-state index < -0.39 is 11.6 Å². The quantitative estimate of drug-likeness (QED) is 0.308. The Hall–Kier alpha value is -1.87. The maximum atomic E-state index is 13.8. The topological polar surface area (TPSA) is 12.4 Å². The lowest BCUT2D eigenvalue weighted by atomic mass is 10.1. The number of aliphatic imine (C=N–C) groups is 1. The van der Waals surface area contributed by atoms with Crippen LogP contribution in [0.25, 0.3) is 12.2 Å². The lowest BCUT2D eigenvalue weighted by molar-refractivity contribution is 0.576. The maximum Gasteiger partial charge on any atom is 0.133 e. The molecular weight excluding hydrogens is 312 g/mol. The molecule has 0 aliphatic carbocycles. The summed E-state index contributed by atoms with van der Waals surface area (Å²) in [7, 11) is 0. The predicted molar refractivity (Wildman–Crippen MR) is 86.0 cm³/mol. The van der Waals surface area contributed by atoms with Gasteiger partial charge in [-0.15, -0.1) is 11.6 Å². The second kappa shape index (κ2) is 7.23. The van der Waals surface area contributed by atoms with Crippen molar-refractivity contribution < 1.29 is 8.78 Å². The molecule has 0 amide bonds. The van der Waals surface area contributed by atoms with E-state index in [0.717, 1.165) is 5.56 Å². The molecule has 0 heterocycles. The number of alkyl halides is 1. The van der Waals surface area contributed by atoms with Crippen molar-refractivity contribution in [1.82, 2.24) is 0 Å². The van der Waals surface area contributed by atoms with Gasteiger partial charge in [0.2, 0.25) is 0 Å². The monoisotopic (exact) mass is 321 g/mol. The first-order valence-corrected chi connectivity index (χ1v) is 6.98. The minimum absolute atomic E-state index is 0.0691. The van der Waals surface area contributed by atoms with Crippen molar-refractivity contribution in [3.8, 4) is 0 Å². The van der Waals surface area contributed by atoms with E-state index in [2.05, 4.69) is 22.4 Å². The van der Waals surface area contributed by atoms with Gasteiger partial charge in [-0.05, 0) is 53.7 Å². The highest BCUT2D eigenvalue weighted by atomic mass is 35.5. The Bertz CT molecular complexity index is 697. The molecule has 0 saturated heterocycles. The molecule has 0 N–H and O–H groups in total. The van der Waals surface area contributed by atoms with Crippen LogP contribution in [0.1, 0.15) is 16.7 Å². The summed E-state index contributed by atoms with van der Waals surface area (Å²) in [4.78, 5) is 3.82. The van der Waals surface area contributed by atoms with Crippen molar-refractivity contribution in [3.63, 3.8) is 0 Å². The third-order valence-corrected chi connectivity index (χ3v) is 3.20. The lowest BCUT2D eigenvalue weighted by Gasteiger charge is -2.03. The SMILES string of the molecule is Fc1cc(CCl)cc(F)c1/C=C/c1ccc(N=C=S)cc1. The van der Waals surface area contributed by atoms with Gasteiger partial charge in [0.15, 0.2) is 0 Å². The number of hydrogen-bond donors (Lipinski definition) is 0. The molecule has 0 radical (unpaired) electrons. The Labute approximate surface area is 131 Å². The fourth-order valence-electron chi connectivity index (χ4n) is 1.77. The zero-order valence-corrected chi connectivity index (χ0v) is 12.4. The summed E-state index contributed by atoms with van der Waals surface area (Å²) in [5, 5.41) is 2.27. The van der Waals surface area contributed by atoms with Gasteiger partial charge in [0.25, 0.3) is 0 Å². The van der Waals surface area contributed by atoms with Crippen molar-refractivity contribution in [3.05, 3.63) is 64.7 Å². The molecule has 0 saturated carbocycles. The van der Waals surface area contributed by atoms with E-state index in [9.17, 15) is 8.78 Å². The van der Waals surface area contributed by atoms with Crippen molar-refractivity contribution in [2.24, 2.45) is 4.99 Å². The van der Waals surface area contributed by atoms with E-state index in [0.29, 0.717) is 11.3 Å². The van der Waals surface area contributed by atoms with E-state index in [1.54, 1.807) is 30.3 Å². The van der Waals surface area contributed by atoms with E-state index in [4.69, 9.17) is 11.6 Å². The average molecular weight is 322 g/mol. The van der Waals surface area contributed by atoms with Crippen LogP contribution in [0.15, 0.2) is 41.4 Å². The van der Waals surface area contributed by atoms with Crippen LogP contribution in [0.5, 0.6) is 0 Å². The molecule has 2 aromatic carbocycles. The highest BCUT2D eigenvalue weighted by Crippen LogP contribution is 2.20. The molecule has 2 rings (SSSR count). The second-order valence-corrected chi connectivity index (χ2v) is 4.68. The van der Waals surface area contributed by atoms with Gasteiger partial charge < -0.3 is 0 Å². The van der Waals surface area contributed by atoms with E-state index in [1.807, 2.05) is 0 Å². The van der Waals surface area contributed by atoms with Crippen molar-refractivity contribution in [1.29, 1.82) is 0 Å². The maximum absolute atomic E-state index is 13.8. The van der Waals surface area contributed by atoms with Gasteiger partial charge in [-0.25, -0.2) is 8.78 Å². The summed E-state index contributed by atoms with van der Waals surface area (Å²) in [6, 6.07) is 9.47. The van der Waals surface area contributed by atoms with Crippen molar-refractivity contribution in [2.45, 2.75) is 5.88 Å². The second-order valence-electron chi connectivity index (χ2n) is 4.23. The fraction of sp³-hybridized carbons (Fsp3) is 0.0625. The molecule has 106 valence electrons. The molecular formula is C16H10ClF2NS. The number of isothiocyanates is 1. The smallest absolute Gasteiger partial charge is 0.133 e. The summed E-state index contributed by atoms with van der Waals surface area (Å²) in [5.41, 5.74) is 1.78. The fourth-order valence-corrected chi connectivity index (χ4v) is 2.03. The molecule has 0 aromatic heterocycles. The molecule has 0 bridgehead atoms. The molecule has 0 aliphatic heterocycles. The third-order valence-electron chi connectivity index (χ3n) is 2.80. The van der Waals surface area contributed by atoms with Crippen molar-refractivity contribution in [2.75, 3.05) is 0 Å². The Morgan fingerprint density at radius 2 is 1.71 bits per heavy atom. The highest BCUT2D eigenvalue weighted by molar-refractivity contribution is 7.78. The zero-order chi connectivity index (χ0) is 15.2. The van der Waals surface area contributed by atoms with Crippen LogP contribution in [-0.4, -0.2) is 5.16 Å². The van der Waals surface area contributed by atoms with E-state index in [-0.39, 0.29) is 11.4 Å². The standard InChI is InChI=1S/C16H10ClF2NS/c17-9-12-7-15(18)14(16(19)8-12)6-3-11-1-4-13(5-2-11)20-10-21/h1-8H,9H2/b6-3+. The van der Waals surface area contributed by atoms with Gasteiger partial charge >= 0.3 is 0 Å². The molecule has 0 aliphatic rings. The lowest BCUT2D eigenvalue weighted by Crippen LogP contribution is -1.92. The average Bonchev–Trinajstić information content (AvgIpc) is 2.48. The summed E-state index contributed by atoms with van der Waals surface area (Å²) < 4.78 is 27.6. The Morgan fingerprint density at radius 3 is 2.24 bits per heavy atom. The van der Waals surface area contributed by atoms with Gasteiger partial charge in [0.05, 0.1) is 10.8 Å². The predicted octanol–water partition coefficient (Wildman–Crippen LogP) is 5.61. The first-order valence-electron chi connectivity index (χ1n) is 6.04. The summed E-state index contributed by atoms with van der Waals surface area (Å²) in [5.74, 6) is -1.20. The molecule has 1 nitrogen and oxygen atoms in total. The van der Waals surface area contributed by atoms with Gasteiger partial charge in [-0.1, -0.05) is 18.2 Å². The summed E-state index contributed by atoms with van der Waals surface area (Å²) >= 11 is 10.1. The van der Waals surface area contributed by atoms with E-state index >= 15 is 0 Å². The molecule has 0 atom stereocenters. The number of hydrogen-bond acceptors (Lipinski definition) is 2. The zero-order valence-electron chi connectivity index (χ0n) is 10.8. The van der Waals surface area contributed by atoms with Crippen LogP contribution < -0.4 is 0 Å².